The van der Waals surface area contributed by atoms with Crippen LogP contribution in [0, 0.1) is 0 Å². The topological polar surface area (TPSA) is 12.9 Å². The Morgan fingerprint density at radius 1 is 1.58 bits per heavy atom. The normalized spacial score (nSPS) is 13.2. The summed E-state index contributed by atoms with van der Waals surface area (Å²) in [4.78, 5) is 4.45. The van der Waals surface area contributed by atoms with Gasteiger partial charge in [0, 0.05) is 17.2 Å². The van der Waals surface area contributed by atoms with Crippen molar-refractivity contribution in [3.63, 3.8) is 0 Å². The van der Waals surface area contributed by atoms with E-state index < -0.39 is 0 Å². The van der Waals surface area contributed by atoms with Gasteiger partial charge in [0.15, 0.2) is 0 Å². The molecule has 1 unspecified atom stereocenters. The molecule has 0 aromatic carbocycles. The minimum absolute atomic E-state index is 0.251. The lowest BCUT2D eigenvalue weighted by molar-refractivity contribution is 0.796. The van der Waals surface area contributed by atoms with Crippen molar-refractivity contribution in [2.45, 2.75) is 38.5 Å². The maximum atomic E-state index is 6.02. The van der Waals surface area contributed by atoms with Gasteiger partial charge in [-0.1, -0.05) is 13.8 Å². The zero-order chi connectivity index (χ0) is 8.97. The van der Waals surface area contributed by atoms with Crippen molar-refractivity contribution in [2.75, 3.05) is 0 Å². The molecule has 1 heterocycles. The number of rotatable bonds is 4. The first-order valence-corrected chi connectivity index (χ1v) is 5.65. The highest BCUT2D eigenvalue weighted by Gasteiger charge is 2.06. The maximum absolute atomic E-state index is 6.02. The van der Waals surface area contributed by atoms with Gasteiger partial charge in [0.1, 0.15) is 0 Å². The number of alkyl halides is 1. The van der Waals surface area contributed by atoms with E-state index in [1.165, 1.54) is 10.7 Å². The molecular weight excluding hydrogens is 190 g/mol. The molecule has 68 valence electrons. The van der Waals surface area contributed by atoms with Crippen LogP contribution in [0.25, 0.3) is 0 Å². The second-order valence-electron chi connectivity index (χ2n) is 2.80. The highest BCUT2D eigenvalue weighted by atomic mass is 35.5. The predicted octanol–water partition coefficient (Wildman–Crippen LogP) is 3.27. The van der Waals surface area contributed by atoms with Gasteiger partial charge in [0.25, 0.3) is 0 Å². The number of nitrogens with zero attached hydrogens (tertiary/aromatic N) is 1. The lowest BCUT2D eigenvalue weighted by atomic mass is 10.2. The Labute approximate surface area is 82.8 Å². The van der Waals surface area contributed by atoms with Crippen LogP contribution in [0.15, 0.2) is 5.38 Å². The van der Waals surface area contributed by atoms with E-state index in [2.05, 4.69) is 24.2 Å². The molecule has 0 aliphatic carbocycles. The van der Waals surface area contributed by atoms with Crippen molar-refractivity contribution in [2.24, 2.45) is 0 Å². The number of aromatic nitrogens is 1. The SMILES string of the molecule is CCc1csc(CC(Cl)CC)n1. The molecule has 0 amide bonds. The second-order valence-corrected chi connectivity index (χ2v) is 4.36. The summed E-state index contributed by atoms with van der Waals surface area (Å²) >= 11 is 7.74. The highest BCUT2D eigenvalue weighted by Crippen LogP contribution is 2.15. The Bertz CT molecular complexity index is 234. The van der Waals surface area contributed by atoms with E-state index in [1.54, 1.807) is 11.3 Å². The molecule has 1 aromatic heterocycles. The summed E-state index contributed by atoms with van der Waals surface area (Å²) in [7, 11) is 0. The maximum Gasteiger partial charge on any atom is 0.0942 e. The molecule has 1 atom stereocenters. The molecule has 0 fully saturated rings. The van der Waals surface area contributed by atoms with Crippen molar-refractivity contribution in [3.05, 3.63) is 16.1 Å². The molecule has 1 nitrogen and oxygen atoms in total. The average molecular weight is 204 g/mol. The van der Waals surface area contributed by atoms with E-state index in [-0.39, 0.29) is 5.38 Å². The first-order valence-electron chi connectivity index (χ1n) is 4.33. The zero-order valence-electron chi connectivity index (χ0n) is 7.51. The summed E-state index contributed by atoms with van der Waals surface area (Å²) in [5, 5.41) is 3.55. The van der Waals surface area contributed by atoms with Gasteiger partial charge in [-0.25, -0.2) is 4.98 Å². The lowest BCUT2D eigenvalue weighted by Gasteiger charge is -2.01. The Kier molecular flexibility index (Phi) is 4.02. The third-order valence-electron chi connectivity index (χ3n) is 1.80. The molecular formula is C9H14ClNS. The minimum Gasteiger partial charge on any atom is -0.246 e. The van der Waals surface area contributed by atoms with Crippen molar-refractivity contribution in [1.29, 1.82) is 0 Å². The van der Waals surface area contributed by atoms with E-state index in [0.717, 1.165) is 19.3 Å². The highest BCUT2D eigenvalue weighted by molar-refractivity contribution is 7.09. The van der Waals surface area contributed by atoms with E-state index in [4.69, 9.17) is 11.6 Å². The van der Waals surface area contributed by atoms with Gasteiger partial charge < -0.3 is 0 Å². The molecule has 1 rings (SSSR count). The molecule has 12 heavy (non-hydrogen) atoms. The monoisotopic (exact) mass is 203 g/mol. The number of thiazole rings is 1. The van der Waals surface area contributed by atoms with Crippen LogP contribution in [0.3, 0.4) is 0 Å². The summed E-state index contributed by atoms with van der Waals surface area (Å²) in [5.74, 6) is 0. The summed E-state index contributed by atoms with van der Waals surface area (Å²) in [5.41, 5.74) is 1.19. The summed E-state index contributed by atoms with van der Waals surface area (Å²) < 4.78 is 0. The summed E-state index contributed by atoms with van der Waals surface area (Å²) in [6.07, 6.45) is 2.96. The third-order valence-corrected chi connectivity index (χ3v) is 3.18. The Balaban J connectivity index is 2.52. The lowest BCUT2D eigenvalue weighted by Crippen LogP contribution is -2.00. The molecule has 0 spiro atoms. The van der Waals surface area contributed by atoms with Crippen LogP contribution in [-0.4, -0.2) is 10.4 Å². The molecule has 0 aliphatic heterocycles. The van der Waals surface area contributed by atoms with Crippen molar-refractivity contribution >= 4 is 22.9 Å². The van der Waals surface area contributed by atoms with Crippen molar-refractivity contribution in [3.8, 4) is 0 Å². The smallest absolute Gasteiger partial charge is 0.0942 e. The fourth-order valence-electron chi connectivity index (χ4n) is 0.939. The Morgan fingerprint density at radius 3 is 2.83 bits per heavy atom. The number of hydrogen-bond acceptors (Lipinski definition) is 2. The Hall–Kier alpha value is -0.0800. The van der Waals surface area contributed by atoms with Crippen molar-refractivity contribution in [1.82, 2.24) is 4.98 Å². The van der Waals surface area contributed by atoms with E-state index in [0.29, 0.717) is 0 Å². The van der Waals surface area contributed by atoms with Gasteiger partial charge in [-0.15, -0.1) is 22.9 Å². The van der Waals surface area contributed by atoms with E-state index in [1.807, 2.05) is 0 Å². The fourth-order valence-corrected chi connectivity index (χ4v) is 2.14. The zero-order valence-corrected chi connectivity index (χ0v) is 9.08. The molecule has 0 saturated heterocycles. The molecule has 1 aromatic rings. The Morgan fingerprint density at radius 2 is 2.33 bits per heavy atom. The molecule has 0 radical (unpaired) electrons. The number of halogens is 1. The van der Waals surface area contributed by atoms with Crippen molar-refractivity contribution < 1.29 is 0 Å². The molecule has 0 aliphatic rings. The van der Waals surface area contributed by atoms with Gasteiger partial charge in [0.2, 0.25) is 0 Å². The molecule has 0 saturated carbocycles. The first-order chi connectivity index (χ1) is 5.76. The quantitative estimate of drug-likeness (QED) is 0.685. The van der Waals surface area contributed by atoms with Gasteiger partial charge >= 0.3 is 0 Å². The average Bonchev–Trinajstić information content (AvgIpc) is 2.52. The van der Waals surface area contributed by atoms with Gasteiger partial charge in [-0.3, -0.25) is 0 Å². The molecule has 3 heteroatoms. The van der Waals surface area contributed by atoms with Crippen LogP contribution < -0.4 is 0 Å². The fraction of sp³-hybridized carbons (Fsp3) is 0.667. The van der Waals surface area contributed by atoms with Gasteiger partial charge in [0.05, 0.1) is 10.7 Å². The first kappa shape index (κ1) is 10.0. The second kappa shape index (κ2) is 4.83. The van der Waals surface area contributed by atoms with Crippen LogP contribution in [0.2, 0.25) is 0 Å². The molecule has 0 bridgehead atoms. The van der Waals surface area contributed by atoms with Crippen LogP contribution >= 0.6 is 22.9 Å². The number of hydrogen-bond donors (Lipinski definition) is 0. The van der Waals surface area contributed by atoms with Crippen LogP contribution in [0.5, 0.6) is 0 Å². The third kappa shape index (κ3) is 2.76. The summed E-state index contributed by atoms with van der Waals surface area (Å²) in [6, 6.07) is 0. The van der Waals surface area contributed by atoms with Gasteiger partial charge in [-0.05, 0) is 12.8 Å². The van der Waals surface area contributed by atoms with Crippen LogP contribution in [0.4, 0.5) is 0 Å². The van der Waals surface area contributed by atoms with E-state index in [9.17, 15) is 0 Å². The predicted molar refractivity (Wildman–Crippen MR) is 55.1 cm³/mol. The van der Waals surface area contributed by atoms with Crippen LogP contribution in [0.1, 0.15) is 31.0 Å². The van der Waals surface area contributed by atoms with Crippen LogP contribution in [-0.2, 0) is 12.8 Å². The standard InChI is InChI=1S/C9H14ClNS/c1-3-7(10)5-9-11-8(4-2)6-12-9/h6-7H,3-5H2,1-2H3. The largest absolute Gasteiger partial charge is 0.246 e. The number of aryl methyl sites for hydroxylation is 1. The van der Waals surface area contributed by atoms with Gasteiger partial charge in [-0.2, -0.15) is 0 Å². The summed E-state index contributed by atoms with van der Waals surface area (Å²) in [6.45, 7) is 4.23. The van der Waals surface area contributed by atoms with E-state index >= 15 is 0 Å². The molecule has 0 N–H and O–H groups in total. The minimum atomic E-state index is 0.251.